The SMILES string of the molecule is COc1ccc2c(c1)cc(C(=O)NS(=O)(=O)c1ccc3ccccc3c1)n2CC(=O)O. The smallest absolute Gasteiger partial charge is 0.323 e. The van der Waals surface area contributed by atoms with Gasteiger partial charge < -0.3 is 14.4 Å². The van der Waals surface area contributed by atoms with Crippen molar-refractivity contribution in [2.75, 3.05) is 7.11 Å². The second kappa shape index (κ2) is 7.77. The number of carbonyl (C=O) groups is 2. The lowest BCUT2D eigenvalue weighted by molar-refractivity contribution is -0.137. The van der Waals surface area contributed by atoms with Gasteiger partial charge in [0.2, 0.25) is 0 Å². The van der Waals surface area contributed by atoms with Crippen LogP contribution in [-0.2, 0) is 21.4 Å². The lowest BCUT2D eigenvalue weighted by Gasteiger charge is -2.10. The number of fused-ring (bicyclic) bond motifs is 2. The van der Waals surface area contributed by atoms with Crippen LogP contribution in [0.25, 0.3) is 21.7 Å². The molecule has 0 unspecified atom stereocenters. The first-order valence-corrected chi connectivity index (χ1v) is 10.7. The third kappa shape index (κ3) is 3.95. The van der Waals surface area contributed by atoms with Gasteiger partial charge in [-0.1, -0.05) is 30.3 Å². The fourth-order valence-electron chi connectivity index (χ4n) is 3.44. The van der Waals surface area contributed by atoms with E-state index in [-0.39, 0.29) is 10.6 Å². The van der Waals surface area contributed by atoms with E-state index < -0.39 is 28.4 Å². The van der Waals surface area contributed by atoms with Crippen molar-refractivity contribution in [1.29, 1.82) is 0 Å². The topological polar surface area (TPSA) is 115 Å². The molecule has 0 saturated carbocycles. The fourth-order valence-corrected chi connectivity index (χ4v) is 4.43. The molecule has 0 fully saturated rings. The number of rotatable bonds is 6. The Hall–Kier alpha value is -3.85. The summed E-state index contributed by atoms with van der Waals surface area (Å²) in [6, 6.07) is 18.1. The Bertz CT molecular complexity index is 1440. The van der Waals surface area contributed by atoms with Crippen LogP contribution in [0.4, 0.5) is 0 Å². The molecule has 0 spiro atoms. The van der Waals surface area contributed by atoms with E-state index in [9.17, 15) is 23.1 Å². The number of methoxy groups -OCH3 is 1. The molecule has 4 aromatic rings. The summed E-state index contributed by atoms with van der Waals surface area (Å²) in [4.78, 5) is 24.2. The van der Waals surface area contributed by atoms with E-state index in [0.717, 1.165) is 5.39 Å². The van der Waals surface area contributed by atoms with Gasteiger partial charge in [-0.3, -0.25) is 9.59 Å². The maximum atomic E-state index is 12.9. The zero-order valence-electron chi connectivity index (χ0n) is 16.4. The molecule has 9 heteroatoms. The van der Waals surface area contributed by atoms with E-state index in [2.05, 4.69) is 0 Å². The van der Waals surface area contributed by atoms with Crippen LogP contribution in [0, 0.1) is 0 Å². The van der Waals surface area contributed by atoms with Gasteiger partial charge in [-0.25, -0.2) is 13.1 Å². The van der Waals surface area contributed by atoms with Crippen LogP contribution in [0.3, 0.4) is 0 Å². The van der Waals surface area contributed by atoms with Crippen LogP contribution in [0.15, 0.2) is 71.6 Å². The van der Waals surface area contributed by atoms with Crippen molar-refractivity contribution in [3.63, 3.8) is 0 Å². The fraction of sp³-hybridized carbons (Fsp3) is 0.0909. The highest BCUT2D eigenvalue weighted by molar-refractivity contribution is 7.90. The number of sulfonamides is 1. The number of amides is 1. The van der Waals surface area contributed by atoms with E-state index in [1.807, 2.05) is 16.9 Å². The first kappa shape index (κ1) is 20.4. The van der Waals surface area contributed by atoms with Crippen molar-refractivity contribution >= 4 is 43.6 Å². The number of carboxylic acid groups (broad SMARTS) is 1. The van der Waals surface area contributed by atoms with Gasteiger partial charge >= 0.3 is 5.97 Å². The Morgan fingerprint density at radius 3 is 2.42 bits per heavy atom. The van der Waals surface area contributed by atoms with Crippen molar-refractivity contribution in [3.05, 3.63) is 72.4 Å². The second-order valence-corrected chi connectivity index (χ2v) is 8.56. The first-order chi connectivity index (χ1) is 14.8. The van der Waals surface area contributed by atoms with Gasteiger partial charge in [0.25, 0.3) is 15.9 Å². The van der Waals surface area contributed by atoms with Crippen molar-refractivity contribution in [2.24, 2.45) is 0 Å². The lowest BCUT2D eigenvalue weighted by Crippen LogP contribution is -2.32. The molecule has 0 radical (unpaired) electrons. The summed E-state index contributed by atoms with van der Waals surface area (Å²) < 4.78 is 34.1. The molecule has 0 aliphatic rings. The Morgan fingerprint density at radius 2 is 1.71 bits per heavy atom. The van der Waals surface area contributed by atoms with Gasteiger partial charge in [0.05, 0.1) is 12.0 Å². The monoisotopic (exact) mass is 438 g/mol. The number of carbonyl (C=O) groups excluding carboxylic acids is 1. The van der Waals surface area contributed by atoms with Gasteiger partial charge in [0, 0.05) is 10.9 Å². The average molecular weight is 438 g/mol. The zero-order chi connectivity index (χ0) is 22.2. The molecular formula is C22H18N2O6S. The number of benzene rings is 3. The quantitative estimate of drug-likeness (QED) is 0.478. The standard InChI is InChI=1S/C22H18N2O6S/c1-30-17-7-9-19-16(10-17)12-20(24(19)13-21(25)26)22(27)23-31(28,29)18-8-6-14-4-2-3-5-15(14)11-18/h2-12H,13H2,1H3,(H,23,27)(H,25,26). The number of ether oxygens (including phenoxy) is 1. The molecule has 2 N–H and O–H groups in total. The Balaban J connectivity index is 1.73. The molecule has 1 amide bonds. The maximum absolute atomic E-state index is 12.9. The number of carboxylic acids is 1. The van der Waals surface area contributed by atoms with E-state index in [4.69, 9.17) is 4.74 Å². The maximum Gasteiger partial charge on any atom is 0.323 e. The summed E-state index contributed by atoms with van der Waals surface area (Å²) in [6.45, 7) is -0.505. The minimum Gasteiger partial charge on any atom is -0.497 e. The van der Waals surface area contributed by atoms with Crippen LogP contribution >= 0.6 is 0 Å². The molecule has 8 nitrogen and oxygen atoms in total. The lowest BCUT2D eigenvalue weighted by atomic mass is 10.1. The van der Waals surface area contributed by atoms with Crippen molar-refractivity contribution < 1.29 is 27.9 Å². The third-order valence-corrected chi connectivity index (χ3v) is 6.22. The normalized spacial score (nSPS) is 11.5. The molecule has 3 aromatic carbocycles. The van der Waals surface area contributed by atoms with Gasteiger partial charge in [0.15, 0.2) is 0 Å². The number of nitrogens with zero attached hydrogens (tertiary/aromatic N) is 1. The Labute approximate surface area is 177 Å². The van der Waals surface area contributed by atoms with Gasteiger partial charge in [0.1, 0.15) is 18.0 Å². The van der Waals surface area contributed by atoms with Crippen LogP contribution in [-0.4, -0.2) is 37.1 Å². The Morgan fingerprint density at radius 1 is 0.968 bits per heavy atom. The molecule has 158 valence electrons. The molecule has 4 rings (SSSR count). The van der Waals surface area contributed by atoms with Crippen LogP contribution < -0.4 is 9.46 Å². The Kier molecular flexibility index (Phi) is 5.12. The van der Waals surface area contributed by atoms with Crippen LogP contribution in [0.2, 0.25) is 0 Å². The minimum absolute atomic E-state index is 0.0675. The van der Waals surface area contributed by atoms with E-state index in [1.165, 1.54) is 29.9 Å². The molecule has 0 saturated heterocycles. The zero-order valence-corrected chi connectivity index (χ0v) is 17.2. The van der Waals surface area contributed by atoms with Gasteiger partial charge in [-0.15, -0.1) is 0 Å². The molecule has 0 aliphatic carbocycles. The average Bonchev–Trinajstić information content (AvgIpc) is 3.10. The number of hydrogen-bond donors (Lipinski definition) is 2. The molecule has 31 heavy (non-hydrogen) atoms. The predicted octanol–water partition coefficient (Wildman–Crippen LogP) is 3.01. The second-order valence-electron chi connectivity index (χ2n) is 6.88. The minimum atomic E-state index is -4.18. The largest absolute Gasteiger partial charge is 0.497 e. The number of aromatic nitrogens is 1. The van der Waals surface area contributed by atoms with Crippen molar-refractivity contribution in [1.82, 2.24) is 9.29 Å². The summed E-state index contributed by atoms with van der Waals surface area (Å²) in [6.07, 6.45) is 0. The number of aliphatic carboxylic acids is 1. The van der Waals surface area contributed by atoms with E-state index >= 15 is 0 Å². The van der Waals surface area contributed by atoms with Crippen molar-refractivity contribution in [2.45, 2.75) is 11.4 Å². The highest BCUT2D eigenvalue weighted by atomic mass is 32.2. The van der Waals surface area contributed by atoms with E-state index in [1.54, 1.807) is 36.4 Å². The highest BCUT2D eigenvalue weighted by Gasteiger charge is 2.23. The van der Waals surface area contributed by atoms with Crippen LogP contribution in [0.5, 0.6) is 5.75 Å². The number of hydrogen-bond acceptors (Lipinski definition) is 5. The molecular weight excluding hydrogens is 420 g/mol. The summed E-state index contributed by atoms with van der Waals surface area (Å²) in [5, 5.41) is 11.4. The molecule has 0 aliphatic heterocycles. The van der Waals surface area contributed by atoms with E-state index in [0.29, 0.717) is 22.0 Å². The van der Waals surface area contributed by atoms with Gasteiger partial charge in [-0.2, -0.15) is 0 Å². The first-order valence-electron chi connectivity index (χ1n) is 9.23. The number of nitrogens with one attached hydrogen (secondary N) is 1. The predicted molar refractivity (Wildman–Crippen MR) is 115 cm³/mol. The summed E-state index contributed by atoms with van der Waals surface area (Å²) in [5.41, 5.74) is 0.381. The van der Waals surface area contributed by atoms with Gasteiger partial charge in [-0.05, 0) is 47.2 Å². The molecule has 0 bridgehead atoms. The summed E-state index contributed by atoms with van der Waals surface area (Å²) in [5.74, 6) is -1.57. The molecule has 1 aromatic heterocycles. The van der Waals surface area contributed by atoms with Crippen LogP contribution in [0.1, 0.15) is 10.5 Å². The highest BCUT2D eigenvalue weighted by Crippen LogP contribution is 2.25. The summed E-state index contributed by atoms with van der Waals surface area (Å²) in [7, 11) is -2.69. The molecule has 0 atom stereocenters. The third-order valence-electron chi connectivity index (χ3n) is 4.89. The van der Waals surface area contributed by atoms with Crippen molar-refractivity contribution in [3.8, 4) is 5.75 Å². The summed E-state index contributed by atoms with van der Waals surface area (Å²) >= 11 is 0. The molecule has 1 heterocycles.